The molecule has 1 aromatic heterocycles. The van der Waals surface area contributed by atoms with Gasteiger partial charge in [-0.2, -0.15) is 13.2 Å². The number of ether oxygens (including phenoxy) is 1. The first-order valence-electron chi connectivity index (χ1n) is 4.32. The zero-order valence-corrected chi connectivity index (χ0v) is 9.44. The summed E-state index contributed by atoms with van der Waals surface area (Å²) in [4.78, 5) is 14.2. The average molecular weight is 290 g/mol. The lowest BCUT2D eigenvalue weighted by atomic mass is 10.0. The Hall–Kier alpha value is -1.44. The third-order valence-corrected chi connectivity index (χ3v) is 2.27. The normalized spacial score (nSPS) is 11.8. The molecule has 0 amide bonds. The Kier molecular flexibility index (Phi) is 4.10. The molecule has 0 bridgehead atoms. The van der Waals surface area contributed by atoms with Crippen LogP contribution in [0.5, 0.6) is 0 Å². The van der Waals surface area contributed by atoms with E-state index in [1.807, 2.05) is 0 Å². The number of aromatic nitrogens is 1. The molecule has 18 heavy (non-hydrogen) atoms. The van der Waals surface area contributed by atoms with Crippen molar-refractivity contribution >= 4 is 17.6 Å². The van der Waals surface area contributed by atoms with Crippen LogP contribution in [-0.2, 0) is 10.9 Å². The smallest absolute Gasteiger partial charge is 0.419 e. The Bertz CT molecular complexity index is 475. The van der Waals surface area contributed by atoms with Crippen molar-refractivity contribution in [1.29, 1.82) is 0 Å². The van der Waals surface area contributed by atoms with Gasteiger partial charge in [-0.3, -0.25) is 0 Å². The number of rotatable bonds is 2. The molecule has 0 aliphatic carbocycles. The number of carbonyl (C=O) groups is 1. The maximum Gasteiger partial charge on any atom is 0.419 e. The van der Waals surface area contributed by atoms with E-state index in [9.17, 15) is 26.7 Å². The van der Waals surface area contributed by atoms with Gasteiger partial charge in [0.05, 0.1) is 12.7 Å². The molecule has 0 N–H and O–H groups in total. The van der Waals surface area contributed by atoms with Gasteiger partial charge in [-0.1, -0.05) is 11.6 Å². The zero-order chi connectivity index (χ0) is 14.1. The number of alkyl halides is 5. The van der Waals surface area contributed by atoms with Crippen molar-refractivity contribution in [2.24, 2.45) is 0 Å². The average Bonchev–Trinajstić information content (AvgIpc) is 2.25. The summed E-state index contributed by atoms with van der Waals surface area (Å²) in [7, 11) is 0.847. The van der Waals surface area contributed by atoms with Gasteiger partial charge in [-0.25, -0.2) is 18.6 Å². The highest BCUT2D eigenvalue weighted by molar-refractivity contribution is 6.30. The predicted molar refractivity (Wildman–Crippen MR) is 50.5 cm³/mol. The van der Waals surface area contributed by atoms with Gasteiger partial charge in [0.2, 0.25) is 0 Å². The first-order chi connectivity index (χ1) is 8.20. The third-order valence-electron chi connectivity index (χ3n) is 1.98. The Morgan fingerprint density at radius 2 is 2.00 bits per heavy atom. The maximum absolute atomic E-state index is 12.7. The topological polar surface area (TPSA) is 39.2 Å². The van der Waals surface area contributed by atoms with Crippen LogP contribution < -0.4 is 0 Å². The zero-order valence-electron chi connectivity index (χ0n) is 8.69. The standard InChI is InChI=1S/C9H5ClF5NO2/c1-18-8(17)3-2-16-6(10)5(9(13,14)15)4(3)7(11)12/h2,7H,1H3. The summed E-state index contributed by atoms with van der Waals surface area (Å²) < 4.78 is 67.3. The van der Waals surface area contributed by atoms with E-state index in [2.05, 4.69) is 9.72 Å². The van der Waals surface area contributed by atoms with Crippen molar-refractivity contribution in [2.75, 3.05) is 7.11 Å². The first kappa shape index (κ1) is 14.6. The molecule has 0 atom stereocenters. The van der Waals surface area contributed by atoms with Gasteiger partial charge in [0.25, 0.3) is 6.43 Å². The molecule has 3 nitrogen and oxygen atoms in total. The minimum absolute atomic E-state index is 0.519. The minimum Gasteiger partial charge on any atom is -0.465 e. The largest absolute Gasteiger partial charge is 0.465 e. The molecule has 1 heterocycles. The Labute approximate surface area is 103 Å². The van der Waals surface area contributed by atoms with Gasteiger partial charge in [0, 0.05) is 11.8 Å². The predicted octanol–water partition coefficient (Wildman–Crippen LogP) is 3.48. The van der Waals surface area contributed by atoms with E-state index in [1.165, 1.54) is 0 Å². The molecule has 100 valence electrons. The Morgan fingerprint density at radius 3 is 2.39 bits per heavy atom. The fourth-order valence-corrected chi connectivity index (χ4v) is 1.53. The highest BCUT2D eigenvalue weighted by atomic mass is 35.5. The molecule has 0 radical (unpaired) electrons. The van der Waals surface area contributed by atoms with Crippen molar-refractivity contribution in [1.82, 2.24) is 4.98 Å². The van der Waals surface area contributed by atoms with Crippen molar-refractivity contribution in [3.8, 4) is 0 Å². The van der Waals surface area contributed by atoms with E-state index < -0.39 is 40.4 Å². The van der Waals surface area contributed by atoms with E-state index in [-0.39, 0.29) is 0 Å². The van der Waals surface area contributed by atoms with E-state index in [0.717, 1.165) is 7.11 Å². The summed E-state index contributed by atoms with van der Waals surface area (Å²) in [5.41, 5.74) is -4.33. The maximum atomic E-state index is 12.7. The molecule has 0 spiro atoms. The number of hydrogen-bond acceptors (Lipinski definition) is 3. The molecule has 0 aromatic carbocycles. The van der Waals surface area contributed by atoms with E-state index in [1.54, 1.807) is 0 Å². The number of methoxy groups -OCH3 is 1. The third kappa shape index (κ3) is 2.69. The van der Waals surface area contributed by atoms with Crippen molar-refractivity contribution in [3.63, 3.8) is 0 Å². The molecule has 0 saturated heterocycles. The molecule has 1 aromatic rings. The monoisotopic (exact) mass is 289 g/mol. The Balaban J connectivity index is 3.64. The fraction of sp³-hybridized carbons (Fsp3) is 0.333. The van der Waals surface area contributed by atoms with Crippen LogP contribution in [0.3, 0.4) is 0 Å². The van der Waals surface area contributed by atoms with Gasteiger partial charge >= 0.3 is 12.1 Å². The van der Waals surface area contributed by atoms with Crippen LogP contribution in [0.4, 0.5) is 22.0 Å². The van der Waals surface area contributed by atoms with Crippen molar-refractivity contribution in [2.45, 2.75) is 12.6 Å². The minimum atomic E-state index is -5.15. The summed E-state index contributed by atoms with van der Waals surface area (Å²) in [5.74, 6) is -1.35. The quantitative estimate of drug-likeness (QED) is 0.475. The highest BCUT2D eigenvalue weighted by Crippen LogP contribution is 2.41. The molecule has 0 aliphatic rings. The number of carbonyl (C=O) groups excluding carboxylic acids is 1. The number of pyridine rings is 1. The van der Waals surface area contributed by atoms with E-state index in [4.69, 9.17) is 11.6 Å². The van der Waals surface area contributed by atoms with Crippen LogP contribution in [0.25, 0.3) is 0 Å². The lowest BCUT2D eigenvalue weighted by molar-refractivity contribution is -0.139. The van der Waals surface area contributed by atoms with Crippen molar-refractivity contribution < 1.29 is 31.5 Å². The van der Waals surface area contributed by atoms with Crippen molar-refractivity contribution in [3.05, 3.63) is 28.0 Å². The number of esters is 1. The molecular formula is C9H5ClF5NO2. The fourth-order valence-electron chi connectivity index (χ4n) is 1.27. The summed E-state index contributed by atoms with van der Waals surface area (Å²) in [6, 6.07) is 0. The Morgan fingerprint density at radius 1 is 1.44 bits per heavy atom. The van der Waals surface area contributed by atoms with Crippen LogP contribution in [0.2, 0.25) is 5.15 Å². The second kappa shape index (κ2) is 5.05. The summed E-state index contributed by atoms with van der Waals surface area (Å²) in [6.07, 6.45) is -8.18. The lowest BCUT2D eigenvalue weighted by Gasteiger charge is -2.15. The SMILES string of the molecule is COC(=O)c1cnc(Cl)c(C(F)(F)F)c1C(F)F. The number of nitrogens with zero attached hydrogens (tertiary/aromatic N) is 1. The van der Waals surface area contributed by atoms with Gasteiger partial charge in [-0.05, 0) is 0 Å². The second-order valence-corrected chi connectivity index (χ2v) is 3.40. The van der Waals surface area contributed by atoms with Gasteiger partial charge < -0.3 is 4.74 Å². The van der Waals surface area contributed by atoms with Crippen LogP contribution in [-0.4, -0.2) is 18.1 Å². The second-order valence-electron chi connectivity index (χ2n) is 3.04. The molecule has 9 heteroatoms. The molecule has 0 aliphatic heterocycles. The number of hydrogen-bond donors (Lipinski definition) is 0. The lowest BCUT2D eigenvalue weighted by Crippen LogP contribution is -2.17. The van der Waals surface area contributed by atoms with Crippen LogP contribution >= 0.6 is 11.6 Å². The molecule has 0 fully saturated rings. The van der Waals surface area contributed by atoms with Crippen LogP contribution in [0.15, 0.2) is 6.20 Å². The molecule has 0 unspecified atom stereocenters. The summed E-state index contributed by atoms with van der Waals surface area (Å²) in [6.45, 7) is 0. The van der Waals surface area contributed by atoms with Gasteiger partial charge in [0.1, 0.15) is 10.7 Å². The molecular weight excluding hydrogens is 285 g/mol. The van der Waals surface area contributed by atoms with Gasteiger partial charge in [-0.15, -0.1) is 0 Å². The molecule has 0 saturated carbocycles. The highest BCUT2D eigenvalue weighted by Gasteiger charge is 2.41. The van der Waals surface area contributed by atoms with Crippen LogP contribution in [0.1, 0.15) is 27.9 Å². The number of halogens is 6. The summed E-state index contributed by atoms with van der Waals surface area (Å²) in [5, 5.41) is -1.15. The summed E-state index contributed by atoms with van der Waals surface area (Å²) >= 11 is 5.16. The first-order valence-corrected chi connectivity index (χ1v) is 4.70. The van der Waals surface area contributed by atoms with E-state index >= 15 is 0 Å². The van der Waals surface area contributed by atoms with Crippen LogP contribution in [0, 0.1) is 0 Å². The van der Waals surface area contributed by atoms with Gasteiger partial charge in [0.15, 0.2) is 0 Å². The molecule has 1 rings (SSSR count). The van der Waals surface area contributed by atoms with E-state index in [0.29, 0.717) is 6.20 Å².